The van der Waals surface area contributed by atoms with Gasteiger partial charge in [-0.3, -0.25) is 9.59 Å². The van der Waals surface area contributed by atoms with E-state index in [-0.39, 0.29) is 47.5 Å². The predicted molar refractivity (Wildman–Crippen MR) is 121 cm³/mol. The second-order valence-corrected chi connectivity index (χ2v) is 9.54. The molecule has 2 aliphatic rings. The Bertz CT molecular complexity index is 1110. The van der Waals surface area contributed by atoms with Crippen molar-refractivity contribution in [2.45, 2.75) is 57.0 Å². The molecule has 1 aromatic heterocycles. The molecule has 11 heteroatoms. The Hall–Kier alpha value is -2.82. The van der Waals surface area contributed by atoms with Crippen molar-refractivity contribution in [2.24, 2.45) is 7.05 Å². The first-order valence-corrected chi connectivity index (χ1v) is 11.4. The lowest BCUT2D eigenvalue weighted by atomic mass is 9.91. The summed E-state index contributed by atoms with van der Waals surface area (Å²) in [4.78, 5) is 35.2. The van der Waals surface area contributed by atoms with Crippen LogP contribution in [0.4, 0.5) is 18.9 Å². The summed E-state index contributed by atoms with van der Waals surface area (Å²) in [6, 6.07) is 2.30. The highest BCUT2D eigenvalue weighted by Gasteiger charge is 2.40. The molecule has 1 saturated heterocycles. The molecule has 2 amide bonds. The summed E-state index contributed by atoms with van der Waals surface area (Å²) >= 11 is 0. The van der Waals surface area contributed by atoms with Crippen LogP contribution in [0.1, 0.15) is 48.8 Å². The standard InChI is InChI=1S/C23H30F3N5O3/c1-13-11-31(14-5-7-16(32)8-6-14)19(33)12-30(13)22(34)21-27-20-17(23(24,25)26)9-15(28(2)3)10-18(20)29(21)4/h9-10,13-14,16,32H,5-8,11-12H2,1-4H3/t13-,14-,16-/m1/s1. The van der Waals surface area contributed by atoms with Gasteiger partial charge >= 0.3 is 6.18 Å². The molecule has 1 aromatic carbocycles. The molecule has 4 rings (SSSR count). The Morgan fingerprint density at radius 3 is 2.41 bits per heavy atom. The number of aliphatic hydroxyl groups excluding tert-OH is 1. The normalized spacial score (nSPS) is 24.1. The number of aryl methyl sites for hydroxylation is 1. The molecule has 1 saturated carbocycles. The van der Waals surface area contributed by atoms with Crippen LogP contribution >= 0.6 is 0 Å². The van der Waals surface area contributed by atoms with Gasteiger partial charge in [0.15, 0.2) is 5.82 Å². The van der Waals surface area contributed by atoms with Crippen LogP contribution in [0.3, 0.4) is 0 Å². The second-order valence-electron chi connectivity index (χ2n) is 9.54. The van der Waals surface area contributed by atoms with Gasteiger partial charge in [0, 0.05) is 45.5 Å². The number of anilines is 1. The summed E-state index contributed by atoms with van der Waals surface area (Å²) in [6.45, 7) is 2.01. The Balaban J connectivity index is 1.64. The van der Waals surface area contributed by atoms with E-state index in [2.05, 4.69) is 4.98 Å². The second kappa shape index (κ2) is 8.75. The minimum Gasteiger partial charge on any atom is -0.393 e. The summed E-state index contributed by atoms with van der Waals surface area (Å²) in [6.07, 6.45) is -2.26. The summed E-state index contributed by atoms with van der Waals surface area (Å²) in [7, 11) is 4.80. The molecule has 2 aromatic rings. The van der Waals surface area contributed by atoms with Crippen molar-refractivity contribution < 1.29 is 27.9 Å². The number of hydrogen-bond acceptors (Lipinski definition) is 5. The quantitative estimate of drug-likeness (QED) is 0.729. The molecule has 2 heterocycles. The van der Waals surface area contributed by atoms with Crippen molar-refractivity contribution >= 4 is 28.5 Å². The van der Waals surface area contributed by atoms with Crippen LogP contribution < -0.4 is 4.90 Å². The number of aromatic nitrogens is 2. The first-order chi connectivity index (χ1) is 15.9. The first kappa shape index (κ1) is 24.3. The number of carbonyl (C=O) groups is 2. The number of rotatable bonds is 3. The third kappa shape index (κ3) is 4.33. The summed E-state index contributed by atoms with van der Waals surface area (Å²) < 4.78 is 42.7. The zero-order valence-electron chi connectivity index (χ0n) is 19.8. The Labute approximate surface area is 195 Å². The van der Waals surface area contributed by atoms with E-state index in [4.69, 9.17) is 0 Å². The number of piperazine rings is 1. The minimum absolute atomic E-state index is 0.0325. The maximum Gasteiger partial charge on any atom is 0.418 e. The van der Waals surface area contributed by atoms with Crippen LogP contribution in [0.15, 0.2) is 12.1 Å². The molecule has 1 aliphatic heterocycles. The van der Waals surface area contributed by atoms with Gasteiger partial charge in [0.25, 0.3) is 5.91 Å². The van der Waals surface area contributed by atoms with Gasteiger partial charge < -0.3 is 24.4 Å². The number of imidazole rings is 1. The van der Waals surface area contributed by atoms with Crippen molar-refractivity contribution in [3.8, 4) is 0 Å². The number of aliphatic hydroxyl groups is 1. The maximum absolute atomic E-state index is 13.8. The van der Waals surface area contributed by atoms with Crippen LogP contribution in [-0.2, 0) is 18.0 Å². The molecule has 8 nitrogen and oxygen atoms in total. The van der Waals surface area contributed by atoms with E-state index in [0.717, 1.165) is 6.07 Å². The van der Waals surface area contributed by atoms with Gasteiger partial charge in [-0.1, -0.05) is 0 Å². The lowest BCUT2D eigenvalue weighted by Crippen LogP contribution is -2.60. The van der Waals surface area contributed by atoms with E-state index >= 15 is 0 Å². The molecule has 1 aliphatic carbocycles. The van der Waals surface area contributed by atoms with Gasteiger partial charge in [0.05, 0.1) is 17.2 Å². The predicted octanol–water partition coefficient (Wildman–Crippen LogP) is 2.63. The molecule has 0 unspecified atom stereocenters. The Kier molecular flexibility index (Phi) is 6.26. The highest BCUT2D eigenvalue weighted by Crippen LogP contribution is 2.37. The third-order valence-electron chi connectivity index (χ3n) is 6.97. The number of carbonyl (C=O) groups excluding carboxylic acids is 2. The van der Waals surface area contributed by atoms with E-state index in [0.29, 0.717) is 37.9 Å². The van der Waals surface area contributed by atoms with Crippen LogP contribution in [0.5, 0.6) is 0 Å². The highest BCUT2D eigenvalue weighted by molar-refractivity contribution is 5.98. The van der Waals surface area contributed by atoms with Gasteiger partial charge in [-0.25, -0.2) is 4.98 Å². The first-order valence-electron chi connectivity index (χ1n) is 11.4. The maximum atomic E-state index is 13.8. The van der Waals surface area contributed by atoms with Crippen molar-refractivity contribution in [1.29, 1.82) is 0 Å². The fourth-order valence-corrected chi connectivity index (χ4v) is 4.94. The third-order valence-corrected chi connectivity index (χ3v) is 6.97. The average Bonchev–Trinajstić information content (AvgIpc) is 3.10. The summed E-state index contributed by atoms with van der Waals surface area (Å²) in [5, 5.41) is 9.75. The molecular formula is C23H30F3N5O3. The van der Waals surface area contributed by atoms with Gasteiger partial charge in [-0.05, 0) is 44.7 Å². The van der Waals surface area contributed by atoms with Crippen molar-refractivity contribution in [2.75, 3.05) is 32.1 Å². The zero-order valence-corrected chi connectivity index (χ0v) is 19.8. The molecule has 0 radical (unpaired) electrons. The number of nitrogens with zero attached hydrogens (tertiary/aromatic N) is 5. The van der Waals surface area contributed by atoms with Crippen LogP contribution in [0.25, 0.3) is 11.0 Å². The zero-order chi connectivity index (χ0) is 24.9. The van der Waals surface area contributed by atoms with Gasteiger partial charge in [-0.15, -0.1) is 0 Å². The van der Waals surface area contributed by atoms with E-state index in [9.17, 15) is 27.9 Å². The molecule has 186 valence electrons. The number of amides is 2. The summed E-state index contributed by atoms with van der Waals surface area (Å²) in [5.74, 6) is -0.902. The monoisotopic (exact) mass is 481 g/mol. The number of alkyl halides is 3. The number of fused-ring (bicyclic) bond motifs is 1. The summed E-state index contributed by atoms with van der Waals surface area (Å²) in [5.41, 5.74) is -0.657. The van der Waals surface area contributed by atoms with E-state index in [1.54, 1.807) is 30.0 Å². The largest absolute Gasteiger partial charge is 0.418 e. The molecule has 0 bridgehead atoms. The molecule has 1 atom stereocenters. The number of hydrogen-bond donors (Lipinski definition) is 1. The van der Waals surface area contributed by atoms with Crippen molar-refractivity contribution in [1.82, 2.24) is 19.4 Å². The van der Waals surface area contributed by atoms with Crippen molar-refractivity contribution in [3.63, 3.8) is 0 Å². The highest BCUT2D eigenvalue weighted by atomic mass is 19.4. The van der Waals surface area contributed by atoms with Gasteiger partial charge in [0.2, 0.25) is 5.91 Å². The SMILES string of the molecule is C[C@@H]1CN([C@H]2CC[C@H](O)CC2)C(=O)CN1C(=O)c1nc2c(C(F)(F)F)cc(N(C)C)cc2n1C. The van der Waals surface area contributed by atoms with Crippen LogP contribution in [0, 0.1) is 0 Å². The molecule has 34 heavy (non-hydrogen) atoms. The van der Waals surface area contributed by atoms with Gasteiger partial charge in [-0.2, -0.15) is 13.2 Å². The smallest absolute Gasteiger partial charge is 0.393 e. The van der Waals surface area contributed by atoms with E-state index in [1.807, 2.05) is 6.92 Å². The average molecular weight is 482 g/mol. The van der Waals surface area contributed by atoms with Gasteiger partial charge in [0.1, 0.15) is 12.1 Å². The lowest BCUT2D eigenvalue weighted by molar-refractivity contribution is -0.141. The van der Waals surface area contributed by atoms with E-state index in [1.165, 1.54) is 16.5 Å². The number of benzene rings is 1. The molecule has 2 fully saturated rings. The fourth-order valence-electron chi connectivity index (χ4n) is 4.94. The molecular weight excluding hydrogens is 451 g/mol. The lowest BCUT2D eigenvalue weighted by Gasteiger charge is -2.44. The Morgan fingerprint density at radius 1 is 1.18 bits per heavy atom. The topological polar surface area (TPSA) is 81.9 Å². The van der Waals surface area contributed by atoms with Crippen LogP contribution in [0.2, 0.25) is 0 Å². The fraction of sp³-hybridized carbons (Fsp3) is 0.609. The minimum atomic E-state index is -4.64. The van der Waals surface area contributed by atoms with Crippen LogP contribution in [-0.4, -0.2) is 81.6 Å². The van der Waals surface area contributed by atoms with Crippen molar-refractivity contribution in [3.05, 3.63) is 23.5 Å². The Morgan fingerprint density at radius 2 is 1.82 bits per heavy atom. The molecule has 0 spiro atoms. The van der Waals surface area contributed by atoms with E-state index < -0.39 is 17.6 Å². The number of halogens is 3. The molecule has 1 N–H and O–H groups in total.